The molecule has 0 aliphatic carbocycles. The van der Waals surface area contributed by atoms with Gasteiger partial charge in [-0.2, -0.15) is 0 Å². The Morgan fingerprint density at radius 1 is 0.900 bits per heavy atom. The van der Waals surface area contributed by atoms with Crippen LogP contribution in [0.3, 0.4) is 0 Å². The molecule has 2 aromatic heterocycles. The van der Waals surface area contributed by atoms with E-state index >= 15 is 0 Å². The minimum absolute atomic E-state index is 1.05. The van der Waals surface area contributed by atoms with E-state index < -0.39 is 0 Å². The van der Waals surface area contributed by atoms with Gasteiger partial charge in [-0.15, -0.1) is 11.3 Å². The van der Waals surface area contributed by atoms with Gasteiger partial charge in [0.15, 0.2) is 0 Å². The van der Waals surface area contributed by atoms with Crippen molar-refractivity contribution in [2.75, 3.05) is 0 Å². The van der Waals surface area contributed by atoms with E-state index in [1.54, 1.807) is 29.4 Å². The summed E-state index contributed by atoms with van der Waals surface area (Å²) in [5.74, 6) is 0. The van der Waals surface area contributed by atoms with Crippen molar-refractivity contribution in [1.82, 2.24) is 9.97 Å². The maximum absolute atomic E-state index is 4.33. The summed E-state index contributed by atoms with van der Waals surface area (Å²) in [4.78, 5) is 12.0. The lowest BCUT2D eigenvalue weighted by Gasteiger charge is -2.01. The fourth-order valence-corrected chi connectivity index (χ4v) is 4.19. The Kier molecular flexibility index (Phi) is 2.90. The summed E-state index contributed by atoms with van der Waals surface area (Å²) in [6.07, 6.45) is 3.50. The second-order valence-electron chi connectivity index (χ2n) is 4.42. The summed E-state index contributed by atoms with van der Waals surface area (Å²) in [6, 6.07) is 17.0. The predicted molar refractivity (Wildman–Crippen MR) is 85.5 cm³/mol. The van der Waals surface area contributed by atoms with E-state index in [0.717, 1.165) is 10.2 Å². The van der Waals surface area contributed by atoms with Crippen molar-refractivity contribution in [2.24, 2.45) is 0 Å². The summed E-state index contributed by atoms with van der Waals surface area (Å²) >= 11 is 3.50. The van der Waals surface area contributed by atoms with Crippen LogP contribution in [0.1, 0.15) is 0 Å². The van der Waals surface area contributed by atoms with Gasteiger partial charge in [0.05, 0.1) is 0 Å². The van der Waals surface area contributed by atoms with Gasteiger partial charge in [-0.1, -0.05) is 36.0 Å². The van der Waals surface area contributed by atoms with Gasteiger partial charge in [0.1, 0.15) is 11.2 Å². The van der Waals surface area contributed by atoms with Crippen LogP contribution < -0.4 is 0 Å². The first-order valence-corrected chi connectivity index (χ1v) is 7.89. The van der Waals surface area contributed by atoms with Crippen LogP contribution in [-0.4, -0.2) is 9.97 Å². The summed E-state index contributed by atoms with van der Waals surface area (Å²) in [5.41, 5.74) is 0. The van der Waals surface area contributed by atoms with E-state index in [0.29, 0.717) is 0 Å². The number of aromatic nitrogens is 2. The van der Waals surface area contributed by atoms with Crippen LogP contribution in [0, 0.1) is 0 Å². The number of hydrogen-bond donors (Lipinski definition) is 0. The Morgan fingerprint density at radius 2 is 1.80 bits per heavy atom. The molecule has 0 aliphatic rings. The zero-order chi connectivity index (χ0) is 13.4. The molecule has 0 radical (unpaired) electrons. The smallest absolute Gasteiger partial charge is 0.127 e. The number of rotatable bonds is 2. The molecule has 0 N–H and O–H groups in total. The van der Waals surface area contributed by atoms with Crippen molar-refractivity contribution < 1.29 is 0 Å². The second kappa shape index (κ2) is 4.89. The van der Waals surface area contributed by atoms with Crippen LogP contribution in [0.5, 0.6) is 0 Å². The lowest BCUT2D eigenvalue weighted by Crippen LogP contribution is -1.75. The van der Waals surface area contributed by atoms with Gasteiger partial charge in [-0.05, 0) is 24.3 Å². The van der Waals surface area contributed by atoms with Gasteiger partial charge < -0.3 is 0 Å². The highest BCUT2D eigenvalue weighted by Crippen LogP contribution is 2.36. The topological polar surface area (TPSA) is 25.8 Å². The number of thiophene rings is 1. The van der Waals surface area contributed by atoms with E-state index in [-0.39, 0.29) is 0 Å². The largest absolute Gasteiger partial charge is 0.244 e. The molecule has 4 rings (SSSR count). The molecule has 0 fully saturated rings. The fraction of sp³-hybridized carbons (Fsp3) is 0. The molecule has 20 heavy (non-hydrogen) atoms. The van der Waals surface area contributed by atoms with Gasteiger partial charge in [0, 0.05) is 31.5 Å². The SMILES string of the molecule is c1ccc(Sc2ccc3c(c2)sc2ncncc23)cc1. The van der Waals surface area contributed by atoms with E-state index in [9.17, 15) is 0 Å². The third-order valence-corrected chi connectivity index (χ3v) is 5.18. The van der Waals surface area contributed by atoms with Crippen LogP contribution in [-0.2, 0) is 0 Å². The zero-order valence-electron chi connectivity index (χ0n) is 10.5. The molecule has 0 unspecified atom stereocenters. The molecule has 0 spiro atoms. The highest BCUT2D eigenvalue weighted by Gasteiger charge is 2.07. The predicted octanol–water partition coefficient (Wildman–Crippen LogP) is 5.00. The van der Waals surface area contributed by atoms with Crippen LogP contribution in [0.2, 0.25) is 0 Å². The fourth-order valence-electron chi connectivity index (χ4n) is 2.19. The molecule has 2 heterocycles. The summed E-state index contributed by atoms with van der Waals surface area (Å²) in [5, 5.41) is 2.38. The molecule has 0 aliphatic heterocycles. The van der Waals surface area contributed by atoms with Gasteiger partial charge in [-0.3, -0.25) is 0 Å². The Balaban J connectivity index is 1.81. The lowest BCUT2D eigenvalue weighted by molar-refractivity contribution is 1.24. The van der Waals surface area contributed by atoms with Gasteiger partial charge in [0.25, 0.3) is 0 Å². The molecule has 4 heteroatoms. The molecule has 2 aromatic carbocycles. The zero-order valence-corrected chi connectivity index (χ0v) is 12.1. The standard InChI is InChI=1S/C16H10N2S2/c1-2-4-11(5-3-1)19-12-6-7-13-14-9-17-10-18-16(14)20-15(13)8-12/h1-10H. The van der Waals surface area contributed by atoms with E-state index in [1.807, 2.05) is 12.3 Å². The molecule has 0 saturated heterocycles. The van der Waals surface area contributed by atoms with E-state index in [1.165, 1.54) is 19.9 Å². The molecule has 0 saturated carbocycles. The minimum atomic E-state index is 1.05. The quantitative estimate of drug-likeness (QED) is 0.520. The van der Waals surface area contributed by atoms with Crippen molar-refractivity contribution in [2.45, 2.75) is 9.79 Å². The third kappa shape index (κ3) is 2.07. The molecular weight excluding hydrogens is 284 g/mol. The molecule has 0 bridgehead atoms. The second-order valence-corrected chi connectivity index (χ2v) is 6.59. The Hall–Kier alpha value is -1.91. The minimum Gasteiger partial charge on any atom is -0.244 e. The maximum Gasteiger partial charge on any atom is 0.127 e. The van der Waals surface area contributed by atoms with Crippen LogP contribution in [0.15, 0.2) is 70.8 Å². The molecule has 0 amide bonds. The number of hydrogen-bond acceptors (Lipinski definition) is 4. The molecule has 96 valence electrons. The number of fused-ring (bicyclic) bond motifs is 3. The van der Waals surface area contributed by atoms with E-state index in [2.05, 4.69) is 52.4 Å². The third-order valence-electron chi connectivity index (χ3n) is 3.10. The number of benzene rings is 2. The van der Waals surface area contributed by atoms with Crippen molar-refractivity contribution in [3.8, 4) is 0 Å². The van der Waals surface area contributed by atoms with Crippen molar-refractivity contribution in [3.63, 3.8) is 0 Å². The van der Waals surface area contributed by atoms with Gasteiger partial charge >= 0.3 is 0 Å². The monoisotopic (exact) mass is 294 g/mol. The highest BCUT2D eigenvalue weighted by atomic mass is 32.2. The highest BCUT2D eigenvalue weighted by molar-refractivity contribution is 7.99. The first-order chi connectivity index (χ1) is 9.90. The number of nitrogens with zero attached hydrogens (tertiary/aromatic N) is 2. The molecular formula is C16H10N2S2. The first kappa shape index (κ1) is 11.9. The first-order valence-electron chi connectivity index (χ1n) is 6.25. The van der Waals surface area contributed by atoms with Gasteiger partial charge in [-0.25, -0.2) is 9.97 Å². The normalized spacial score (nSPS) is 11.2. The van der Waals surface area contributed by atoms with Crippen LogP contribution in [0.25, 0.3) is 20.3 Å². The van der Waals surface area contributed by atoms with Crippen molar-refractivity contribution in [1.29, 1.82) is 0 Å². The maximum atomic E-state index is 4.33. The van der Waals surface area contributed by atoms with E-state index in [4.69, 9.17) is 0 Å². The summed E-state index contributed by atoms with van der Waals surface area (Å²) < 4.78 is 1.27. The molecule has 0 atom stereocenters. The average Bonchev–Trinajstić information content (AvgIpc) is 2.86. The van der Waals surface area contributed by atoms with Crippen molar-refractivity contribution >= 4 is 43.4 Å². The Labute approximate surface area is 124 Å². The molecule has 2 nitrogen and oxygen atoms in total. The Morgan fingerprint density at radius 3 is 2.70 bits per heavy atom. The van der Waals surface area contributed by atoms with Crippen LogP contribution >= 0.6 is 23.1 Å². The summed E-state index contributed by atoms with van der Waals surface area (Å²) in [6.45, 7) is 0. The van der Waals surface area contributed by atoms with Crippen LogP contribution in [0.4, 0.5) is 0 Å². The summed E-state index contributed by atoms with van der Waals surface area (Å²) in [7, 11) is 0. The van der Waals surface area contributed by atoms with Gasteiger partial charge in [0.2, 0.25) is 0 Å². The average molecular weight is 294 g/mol. The molecule has 4 aromatic rings. The van der Waals surface area contributed by atoms with Crippen molar-refractivity contribution in [3.05, 3.63) is 61.1 Å². The Bertz CT molecular complexity index is 885. The lowest BCUT2D eigenvalue weighted by atomic mass is 10.2.